The van der Waals surface area contributed by atoms with Gasteiger partial charge in [-0.3, -0.25) is 14.6 Å². The molecule has 3 atom stereocenters. The van der Waals surface area contributed by atoms with Crippen molar-refractivity contribution in [2.24, 2.45) is 11.8 Å². The highest BCUT2D eigenvalue weighted by atomic mass is 32.1. The quantitative estimate of drug-likeness (QED) is 0.245. The molecule has 0 amide bonds. The summed E-state index contributed by atoms with van der Waals surface area (Å²) in [5.74, 6) is -0.0823. The summed E-state index contributed by atoms with van der Waals surface area (Å²) in [6, 6.07) is 11.9. The maximum absolute atomic E-state index is 13.0. The summed E-state index contributed by atoms with van der Waals surface area (Å²) in [5, 5.41) is 0. The third kappa shape index (κ3) is 6.41. The van der Waals surface area contributed by atoms with Gasteiger partial charge in [0.25, 0.3) is 0 Å². The standard InChI is InChI=1S/C27H33NO5S/c1-17(16-23(34)25-26(33-19(3)29)22(31-4)14-15-28-25)27(30)32-18(2)24(21-12-8-9-13-21)20-10-6-5-7-11-20/h5-7,10-11,14-15,17-18,21,24H,8-9,12-13,16H2,1-4H3/t17-,18+,24+/m1/s1. The average molecular weight is 484 g/mol. The SMILES string of the molecule is COc1ccnc(C(=S)C[C@@H](C)C(=O)O[C@@H](C)[C@@H](c2ccccc2)C2CCCC2)c1OC(C)=O. The largest absolute Gasteiger partial charge is 0.493 e. The Labute approximate surface area is 207 Å². The Bertz CT molecular complexity index is 1000. The van der Waals surface area contributed by atoms with Crippen LogP contribution in [0, 0.1) is 11.8 Å². The molecule has 0 saturated heterocycles. The van der Waals surface area contributed by atoms with Crippen LogP contribution in [0.1, 0.15) is 70.1 Å². The number of esters is 2. The molecule has 1 fully saturated rings. The summed E-state index contributed by atoms with van der Waals surface area (Å²) >= 11 is 5.58. The van der Waals surface area contributed by atoms with Gasteiger partial charge in [0.1, 0.15) is 11.8 Å². The number of nitrogens with zero attached hydrogens (tertiary/aromatic N) is 1. The van der Waals surface area contributed by atoms with Gasteiger partial charge in [-0.15, -0.1) is 0 Å². The molecule has 7 heteroatoms. The van der Waals surface area contributed by atoms with E-state index in [1.165, 1.54) is 38.6 Å². The molecule has 182 valence electrons. The Morgan fingerprint density at radius 1 is 1.12 bits per heavy atom. The molecule has 1 aliphatic carbocycles. The Morgan fingerprint density at radius 3 is 2.41 bits per heavy atom. The summed E-state index contributed by atoms with van der Waals surface area (Å²) in [5.41, 5.74) is 1.54. The maximum atomic E-state index is 13.0. The van der Waals surface area contributed by atoms with Crippen molar-refractivity contribution in [1.29, 1.82) is 0 Å². The molecule has 0 radical (unpaired) electrons. The molecule has 6 nitrogen and oxygen atoms in total. The van der Waals surface area contributed by atoms with Gasteiger partial charge in [0.2, 0.25) is 0 Å². The Kier molecular flexibility index (Phi) is 9.16. The van der Waals surface area contributed by atoms with Crippen LogP contribution in [0.5, 0.6) is 11.5 Å². The van der Waals surface area contributed by atoms with Crippen molar-refractivity contribution in [2.45, 2.75) is 64.9 Å². The van der Waals surface area contributed by atoms with Crippen LogP contribution in [-0.2, 0) is 14.3 Å². The highest BCUT2D eigenvalue weighted by Crippen LogP contribution is 2.40. The van der Waals surface area contributed by atoms with E-state index in [4.69, 9.17) is 26.4 Å². The number of carbonyl (C=O) groups excluding carboxylic acids is 2. The molecule has 1 aromatic carbocycles. The molecule has 1 saturated carbocycles. The van der Waals surface area contributed by atoms with E-state index < -0.39 is 11.9 Å². The second kappa shape index (κ2) is 12.1. The van der Waals surface area contributed by atoms with Crippen molar-refractivity contribution in [3.8, 4) is 11.5 Å². The van der Waals surface area contributed by atoms with Crippen LogP contribution in [0.25, 0.3) is 0 Å². The number of hydrogen-bond donors (Lipinski definition) is 0. The molecular formula is C27H33NO5S. The Balaban J connectivity index is 1.70. The second-order valence-electron chi connectivity index (χ2n) is 8.94. The van der Waals surface area contributed by atoms with Gasteiger partial charge in [0.05, 0.1) is 13.0 Å². The number of aromatic nitrogens is 1. The second-order valence-corrected chi connectivity index (χ2v) is 9.43. The normalized spacial score (nSPS) is 16.4. The fraction of sp³-hybridized carbons (Fsp3) is 0.481. The Hall–Kier alpha value is -2.80. The fourth-order valence-electron chi connectivity index (χ4n) is 4.78. The first-order valence-electron chi connectivity index (χ1n) is 11.8. The first-order valence-corrected chi connectivity index (χ1v) is 12.2. The summed E-state index contributed by atoms with van der Waals surface area (Å²) in [6.45, 7) is 5.08. The molecular weight excluding hydrogens is 450 g/mol. The summed E-state index contributed by atoms with van der Waals surface area (Å²) in [4.78, 5) is 29.3. The highest BCUT2D eigenvalue weighted by Gasteiger charge is 2.33. The molecule has 0 spiro atoms. The van der Waals surface area contributed by atoms with Crippen LogP contribution in [0.2, 0.25) is 0 Å². The van der Waals surface area contributed by atoms with Crippen LogP contribution >= 0.6 is 12.2 Å². The molecule has 1 heterocycles. The van der Waals surface area contributed by atoms with E-state index in [1.54, 1.807) is 13.0 Å². The molecule has 34 heavy (non-hydrogen) atoms. The van der Waals surface area contributed by atoms with Gasteiger partial charge in [-0.25, -0.2) is 0 Å². The number of carbonyl (C=O) groups is 2. The summed E-state index contributed by atoms with van der Waals surface area (Å²) in [6.07, 6.45) is 6.28. The molecule has 0 unspecified atom stereocenters. The number of rotatable bonds is 10. The monoisotopic (exact) mass is 483 g/mol. The lowest BCUT2D eigenvalue weighted by atomic mass is 9.81. The molecule has 0 bridgehead atoms. The van der Waals surface area contributed by atoms with Crippen molar-refractivity contribution in [3.63, 3.8) is 0 Å². The van der Waals surface area contributed by atoms with Crippen molar-refractivity contribution in [1.82, 2.24) is 4.98 Å². The topological polar surface area (TPSA) is 74.7 Å². The number of ether oxygens (including phenoxy) is 3. The average Bonchev–Trinajstić information content (AvgIpc) is 3.33. The lowest BCUT2D eigenvalue weighted by Crippen LogP contribution is -2.30. The van der Waals surface area contributed by atoms with E-state index in [-0.39, 0.29) is 30.2 Å². The number of methoxy groups -OCH3 is 1. The lowest BCUT2D eigenvalue weighted by molar-refractivity contribution is -0.154. The van der Waals surface area contributed by atoms with E-state index in [0.717, 1.165) is 12.8 Å². The number of benzene rings is 1. The van der Waals surface area contributed by atoms with Gasteiger partial charge in [-0.2, -0.15) is 0 Å². The summed E-state index contributed by atoms with van der Waals surface area (Å²) in [7, 11) is 1.48. The first kappa shape index (κ1) is 25.8. The molecule has 3 rings (SSSR count). The summed E-state index contributed by atoms with van der Waals surface area (Å²) < 4.78 is 16.6. The van der Waals surface area contributed by atoms with Crippen molar-refractivity contribution < 1.29 is 23.8 Å². The predicted molar refractivity (Wildman–Crippen MR) is 134 cm³/mol. The van der Waals surface area contributed by atoms with Crippen LogP contribution in [-0.4, -0.2) is 35.0 Å². The number of hydrogen-bond acceptors (Lipinski definition) is 7. The highest BCUT2D eigenvalue weighted by molar-refractivity contribution is 7.80. The molecule has 0 aliphatic heterocycles. The third-order valence-corrected chi connectivity index (χ3v) is 6.75. The van der Waals surface area contributed by atoms with Crippen molar-refractivity contribution in [3.05, 3.63) is 53.9 Å². The van der Waals surface area contributed by atoms with Gasteiger partial charge in [0, 0.05) is 30.0 Å². The van der Waals surface area contributed by atoms with Crippen molar-refractivity contribution in [2.75, 3.05) is 7.11 Å². The fourth-order valence-corrected chi connectivity index (χ4v) is 5.18. The molecule has 1 aliphatic rings. The van der Waals surface area contributed by atoms with Crippen LogP contribution < -0.4 is 9.47 Å². The third-order valence-electron chi connectivity index (χ3n) is 6.39. The number of thiocarbonyl (C=S) groups is 1. The molecule has 0 N–H and O–H groups in total. The maximum Gasteiger partial charge on any atom is 0.309 e. The van der Waals surface area contributed by atoms with Crippen molar-refractivity contribution >= 4 is 29.0 Å². The zero-order valence-corrected chi connectivity index (χ0v) is 21.1. The van der Waals surface area contributed by atoms with E-state index in [9.17, 15) is 9.59 Å². The van der Waals surface area contributed by atoms with Crippen LogP contribution in [0.3, 0.4) is 0 Å². The van der Waals surface area contributed by atoms with Gasteiger partial charge in [-0.05, 0) is 37.7 Å². The van der Waals surface area contributed by atoms with Crippen LogP contribution in [0.15, 0.2) is 42.6 Å². The van der Waals surface area contributed by atoms with E-state index in [0.29, 0.717) is 22.2 Å². The molecule has 1 aromatic heterocycles. The smallest absolute Gasteiger partial charge is 0.309 e. The predicted octanol–water partition coefficient (Wildman–Crippen LogP) is 5.67. The minimum atomic E-state index is -0.504. The lowest BCUT2D eigenvalue weighted by Gasteiger charge is -2.30. The van der Waals surface area contributed by atoms with Crippen LogP contribution in [0.4, 0.5) is 0 Å². The Morgan fingerprint density at radius 2 is 1.79 bits per heavy atom. The zero-order chi connectivity index (χ0) is 24.7. The zero-order valence-electron chi connectivity index (χ0n) is 20.3. The minimum Gasteiger partial charge on any atom is -0.493 e. The van der Waals surface area contributed by atoms with Gasteiger partial charge in [0.15, 0.2) is 11.5 Å². The number of pyridine rings is 1. The van der Waals surface area contributed by atoms with Gasteiger partial charge < -0.3 is 14.2 Å². The van der Waals surface area contributed by atoms with E-state index in [1.807, 2.05) is 25.1 Å². The minimum absolute atomic E-state index is 0.168. The van der Waals surface area contributed by atoms with E-state index in [2.05, 4.69) is 17.1 Å². The van der Waals surface area contributed by atoms with E-state index >= 15 is 0 Å². The van der Waals surface area contributed by atoms with Gasteiger partial charge >= 0.3 is 11.9 Å². The first-order chi connectivity index (χ1) is 16.3. The van der Waals surface area contributed by atoms with Gasteiger partial charge in [-0.1, -0.05) is 62.3 Å². The molecule has 2 aromatic rings.